The summed E-state index contributed by atoms with van der Waals surface area (Å²) in [5.41, 5.74) is 4.55. The summed E-state index contributed by atoms with van der Waals surface area (Å²) in [6, 6.07) is 21.2. The maximum absolute atomic E-state index is 13.2. The molecule has 3 heterocycles. The van der Waals surface area contributed by atoms with Crippen LogP contribution in [0.2, 0.25) is 0 Å². The fourth-order valence-corrected chi connectivity index (χ4v) is 4.99. The lowest BCUT2D eigenvalue weighted by atomic mass is 10.1. The van der Waals surface area contributed by atoms with Crippen molar-refractivity contribution in [2.75, 3.05) is 23.9 Å². The van der Waals surface area contributed by atoms with E-state index in [2.05, 4.69) is 21.6 Å². The van der Waals surface area contributed by atoms with Gasteiger partial charge in [-0.15, -0.1) is 10.2 Å². The van der Waals surface area contributed by atoms with E-state index in [1.54, 1.807) is 14.2 Å². The van der Waals surface area contributed by atoms with Crippen LogP contribution in [-0.4, -0.2) is 38.7 Å². The van der Waals surface area contributed by atoms with Gasteiger partial charge in [0.25, 0.3) is 5.56 Å². The van der Waals surface area contributed by atoms with Crippen molar-refractivity contribution in [3.8, 4) is 5.75 Å². The molecule has 5 aromatic rings. The van der Waals surface area contributed by atoms with Gasteiger partial charge in [0.2, 0.25) is 11.7 Å². The number of ether oxygens (including phenoxy) is 1. The summed E-state index contributed by atoms with van der Waals surface area (Å²) in [7, 11) is 3.33. The number of amides is 1. The fourth-order valence-electron chi connectivity index (χ4n) is 4.99. The van der Waals surface area contributed by atoms with Gasteiger partial charge in [-0.3, -0.25) is 18.6 Å². The topological polar surface area (TPSA) is 93.8 Å². The van der Waals surface area contributed by atoms with Gasteiger partial charge in [-0.05, 0) is 53.9 Å². The Kier molecular flexibility index (Phi) is 5.60. The molecule has 0 unspecified atom stereocenters. The molecule has 37 heavy (non-hydrogen) atoms. The second-order valence-corrected chi connectivity index (χ2v) is 9.15. The number of fused-ring (bicyclic) bond motifs is 4. The number of rotatable bonds is 6. The lowest BCUT2D eigenvalue weighted by molar-refractivity contribution is -0.117. The van der Waals surface area contributed by atoms with Gasteiger partial charge in [-0.25, -0.2) is 0 Å². The number of hydrogen-bond acceptors (Lipinski definition) is 6. The largest absolute Gasteiger partial charge is 0.497 e. The van der Waals surface area contributed by atoms with Gasteiger partial charge in [-0.1, -0.05) is 30.3 Å². The summed E-state index contributed by atoms with van der Waals surface area (Å²) in [5.74, 6) is 1.98. The Bertz CT molecular complexity index is 1720. The second kappa shape index (κ2) is 9.09. The highest BCUT2D eigenvalue weighted by Crippen LogP contribution is 2.32. The molecule has 0 spiro atoms. The van der Waals surface area contributed by atoms with E-state index < -0.39 is 0 Å². The molecular weight excluding hydrogens is 468 g/mol. The number of aryl methyl sites for hydroxylation is 1. The van der Waals surface area contributed by atoms with Gasteiger partial charge >= 0.3 is 0 Å². The standard InChI is InChI=1S/C28H26N6O3/c1-32-27(36)22-8-3-4-9-23(22)34-25(30-31-28(32)34)17-29-20-11-10-19-12-13-33(24(19)16-20)26(35)15-18-6-5-7-21(14-18)37-2/h3-11,14,16,29H,12-13,15,17H2,1-2H3. The third-order valence-corrected chi connectivity index (χ3v) is 6.92. The highest BCUT2D eigenvalue weighted by Gasteiger charge is 2.25. The minimum atomic E-state index is -0.104. The third kappa shape index (κ3) is 3.98. The minimum Gasteiger partial charge on any atom is -0.497 e. The molecule has 6 rings (SSSR count). The lowest BCUT2D eigenvalue weighted by Gasteiger charge is -2.19. The average Bonchev–Trinajstić information content (AvgIpc) is 3.55. The van der Waals surface area contributed by atoms with Crippen LogP contribution >= 0.6 is 0 Å². The number of carbonyl (C=O) groups excluding carboxylic acids is 1. The molecular formula is C28H26N6O3. The van der Waals surface area contributed by atoms with Crippen molar-refractivity contribution in [1.29, 1.82) is 0 Å². The summed E-state index contributed by atoms with van der Waals surface area (Å²) < 4.78 is 8.71. The van der Waals surface area contributed by atoms with E-state index in [-0.39, 0.29) is 11.5 Å². The van der Waals surface area contributed by atoms with Crippen LogP contribution in [0, 0.1) is 0 Å². The average molecular weight is 495 g/mol. The zero-order chi connectivity index (χ0) is 25.5. The van der Waals surface area contributed by atoms with Gasteiger partial charge in [0.1, 0.15) is 5.75 Å². The monoisotopic (exact) mass is 494 g/mol. The van der Waals surface area contributed by atoms with Gasteiger partial charge in [0.05, 0.1) is 31.0 Å². The molecule has 2 aromatic heterocycles. The van der Waals surface area contributed by atoms with E-state index in [9.17, 15) is 9.59 Å². The summed E-state index contributed by atoms with van der Waals surface area (Å²) in [6.45, 7) is 1.07. The van der Waals surface area contributed by atoms with Crippen LogP contribution < -0.4 is 20.5 Å². The lowest BCUT2D eigenvalue weighted by Crippen LogP contribution is -2.30. The number of benzene rings is 3. The quantitative estimate of drug-likeness (QED) is 0.389. The highest BCUT2D eigenvalue weighted by atomic mass is 16.5. The number of para-hydroxylation sites is 1. The number of anilines is 2. The molecule has 0 saturated heterocycles. The van der Waals surface area contributed by atoms with Crippen molar-refractivity contribution in [1.82, 2.24) is 19.2 Å². The molecule has 0 fully saturated rings. The zero-order valence-corrected chi connectivity index (χ0v) is 20.6. The molecule has 0 atom stereocenters. The smallest absolute Gasteiger partial charge is 0.262 e. The van der Waals surface area contributed by atoms with Crippen LogP contribution in [0.3, 0.4) is 0 Å². The zero-order valence-electron chi connectivity index (χ0n) is 20.6. The Balaban J connectivity index is 1.25. The van der Waals surface area contributed by atoms with E-state index in [1.807, 2.05) is 70.0 Å². The Morgan fingerprint density at radius 1 is 1.05 bits per heavy atom. The molecule has 9 heteroatoms. The number of hydrogen-bond donors (Lipinski definition) is 1. The van der Waals surface area contributed by atoms with Crippen LogP contribution in [0.15, 0.2) is 71.5 Å². The number of aromatic nitrogens is 4. The van der Waals surface area contributed by atoms with Gasteiger partial charge < -0.3 is 15.0 Å². The molecule has 0 radical (unpaired) electrons. The maximum Gasteiger partial charge on any atom is 0.262 e. The van der Waals surface area contributed by atoms with E-state index >= 15 is 0 Å². The molecule has 0 aliphatic carbocycles. The highest BCUT2D eigenvalue weighted by molar-refractivity contribution is 5.97. The molecule has 1 aliphatic rings. The third-order valence-electron chi connectivity index (χ3n) is 6.92. The maximum atomic E-state index is 13.2. The van der Waals surface area contributed by atoms with E-state index in [0.717, 1.165) is 40.2 Å². The number of carbonyl (C=O) groups is 1. The van der Waals surface area contributed by atoms with E-state index in [4.69, 9.17) is 4.74 Å². The molecule has 1 aliphatic heterocycles. The Morgan fingerprint density at radius 2 is 1.92 bits per heavy atom. The van der Waals surface area contributed by atoms with Crippen molar-refractivity contribution in [3.05, 3.63) is 94.0 Å². The van der Waals surface area contributed by atoms with Crippen molar-refractivity contribution < 1.29 is 9.53 Å². The first-order chi connectivity index (χ1) is 18.0. The molecule has 0 saturated carbocycles. The van der Waals surface area contributed by atoms with Crippen molar-refractivity contribution >= 4 is 34.0 Å². The van der Waals surface area contributed by atoms with Gasteiger partial charge in [0.15, 0.2) is 5.82 Å². The Morgan fingerprint density at radius 3 is 2.78 bits per heavy atom. The summed E-state index contributed by atoms with van der Waals surface area (Å²) >= 11 is 0. The van der Waals surface area contributed by atoms with Crippen molar-refractivity contribution in [3.63, 3.8) is 0 Å². The predicted molar refractivity (Wildman–Crippen MR) is 142 cm³/mol. The number of nitrogens with zero attached hydrogens (tertiary/aromatic N) is 5. The molecule has 9 nitrogen and oxygen atoms in total. The molecule has 186 valence electrons. The SMILES string of the molecule is COc1cccc(CC(=O)N2CCc3ccc(NCc4nnc5n(C)c(=O)c6ccccc6n45)cc32)c1. The second-order valence-electron chi connectivity index (χ2n) is 9.15. The van der Waals surface area contributed by atoms with Gasteiger partial charge in [-0.2, -0.15) is 0 Å². The number of methoxy groups -OCH3 is 1. The van der Waals surface area contributed by atoms with Crippen molar-refractivity contribution in [2.45, 2.75) is 19.4 Å². The first-order valence-corrected chi connectivity index (χ1v) is 12.2. The van der Waals surface area contributed by atoms with Gasteiger partial charge in [0, 0.05) is 25.0 Å². The molecule has 1 amide bonds. The summed E-state index contributed by atoms with van der Waals surface area (Å²) in [5, 5.41) is 12.7. The van der Waals surface area contributed by atoms with Crippen molar-refractivity contribution in [2.24, 2.45) is 7.05 Å². The summed E-state index contributed by atoms with van der Waals surface area (Å²) in [4.78, 5) is 27.7. The van der Waals surface area contributed by atoms with E-state index in [1.165, 1.54) is 4.57 Å². The van der Waals surface area contributed by atoms with Crippen LogP contribution in [0.1, 0.15) is 17.0 Å². The molecule has 0 bridgehead atoms. The van der Waals surface area contributed by atoms with Crippen LogP contribution in [0.5, 0.6) is 5.75 Å². The molecule has 3 aromatic carbocycles. The predicted octanol–water partition coefficient (Wildman–Crippen LogP) is 3.33. The Hall–Kier alpha value is -4.66. The van der Waals surface area contributed by atoms with Crippen LogP contribution in [0.4, 0.5) is 11.4 Å². The minimum absolute atomic E-state index is 0.0555. The van der Waals surface area contributed by atoms with Crippen LogP contribution in [-0.2, 0) is 31.2 Å². The fraction of sp³-hybridized carbons (Fsp3) is 0.214. The first-order valence-electron chi connectivity index (χ1n) is 12.2. The Labute approximate surface area is 212 Å². The van der Waals surface area contributed by atoms with E-state index in [0.29, 0.717) is 36.5 Å². The normalized spacial score (nSPS) is 12.8. The molecule has 1 N–H and O–H groups in total. The number of nitrogens with one attached hydrogen (secondary N) is 1. The first kappa shape index (κ1) is 22.8. The van der Waals surface area contributed by atoms with Crippen LogP contribution in [0.25, 0.3) is 16.7 Å². The summed E-state index contributed by atoms with van der Waals surface area (Å²) in [6.07, 6.45) is 1.14.